The van der Waals surface area contributed by atoms with E-state index in [1.54, 1.807) is 0 Å². The van der Waals surface area contributed by atoms with Crippen LogP contribution >= 0.6 is 0 Å². The Hall–Kier alpha value is -7.37. The molecule has 5 heteroatoms. The van der Waals surface area contributed by atoms with E-state index in [4.69, 9.17) is 19.4 Å². The lowest BCUT2D eigenvalue weighted by atomic mass is 9.95. The van der Waals surface area contributed by atoms with Crippen LogP contribution in [0.5, 0.6) is 0 Å². The number of furan rings is 1. The summed E-state index contributed by atoms with van der Waals surface area (Å²) in [5.41, 5.74) is 10.4. The van der Waals surface area contributed by atoms with Crippen LogP contribution in [0.25, 0.3) is 111 Å². The van der Waals surface area contributed by atoms with Gasteiger partial charge in [-0.1, -0.05) is 109 Å². The average molecular weight is 717 g/mol. The molecule has 0 bridgehead atoms. The van der Waals surface area contributed by atoms with E-state index in [0.717, 1.165) is 62.5 Å². The number of nitrogens with zero attached hydrogens (tertiary/aromatic N) is 4. The quantitative estimate of drug-likeness (QED) is 0.182. The van der Waals surface area contributed by atoms with Gasteiger partial charge in [-0.2, -0.15) is 0 Å². The Kier molecular flexibility index (Phi) is 6.69. The zero-order valence-electron chi connectivity index (χ0n) is 30.3. The van der Waals surface area contributed by atoms with Crippen molar-refractivity contribution < 1.29 is 4.42 Å². The van der Waals surface area contributed by atoms with E-state index in [1.165, 1.54) is 49.1 Å². The van der Waals surface area contributed by atoms with Crippen molar-refractivity contribution in [3.05, 3.63) is 175 Å². The van der Waals surface area contributed by atoms with Crippen molar-refractivity contribution in [3.63, 3.8) is 0 Å². The number of allylic oxidation sites excluding steroid dienone is 1. The SMILES string of the molecule is C1=Cc2cc(-c3nc(-c4ccc5ccccc5c4)nc(-c4ccc5c(c4)oc4cc(-n6c7ccccc7c7cc8ccccc8cc76)ccc45)n3)ccc2CC1. The number of aromatic nitrogens is 4. The molecule has 56 heavy (non-hydrogen) atoms. The highest BCUT2D eigenvalue weighted by Crippen LogP contribution is 2.38. The van der Waals surface area contributed by atoms with E-state index in [1.807, 2.05) is 0 Å². The van der Waals surface area contributed by atoms with Gasteiger partial charge in [0.1, 0.15) is 11.2 Å². The normalized spacial score (nSPS) is 12.8. The molecule has 0 N–H and O–H groups in total. The zero-order chi connectivity index (χ0) is 36.7. The molecule has 0 saturated carbocycles. The summed E-state index contributed by atoms with van der Waals surface area (Å²) in [6.07, 6.45) is 6.56. The summed E-state index contributed by atoms with van der Waals surface area (Å²) in [5.74, 6) is 1.89. The Labute approximate surface area is 321 Å². The molecule has 0 radical (unpaired) electrons. The van der Waals surface area contributed by atoms with Crippen molar-refractivity contribution in [1.29, 1.82) is 0 Å². The predicted molar refractivity (Wildman–Crippen MR) is 230 cm³/mol. The minimum atomic E-state index is 0.604. The summed E-state index contributed by atoms with van der Waals surface area (Å²) in [6.45, 7) is 0. The summed E-state index contributed by atoms with van der Waals surface area (Å²) in [5, 5.41) is 9.36. The number of hydrogen-bond donors (Lipinski definition) is 0. The monoisotopic (exact) mass is 716 g/mol. The Morgan fingerprint density at radius 3 is 1.89 bits per heavy atom. The summed E-state index contributed by atoms with van der Waals surface area (Å²) in [6, 6.07) is 56.0. The minimum absolute atomic E-state index is 0.604. The van der Waals surface area contributed by atoms with Gasteiger partial charge in [0.05, 0.1) is 11.0 Å². The van der Waals surface area contributed by atoms with Crippen LogP contribution in [-0.2, 0) is 6.42 Å². The molecule has 262 valence electrons. The van der Waals surface area contributed by atoms with Crippen molar-refractivity contribution in [2.75, 3.05) is 0 Å². The van der Waals surface area contributed by atoms with Crippen molar-refractivity contribution >= 4 is 71.4 Å². The fraction of sp³-hybridized carbons (Fsp3) is 0.0392. The maximum Gasteiger partial charge on any atom is 0.164 e. The highest BCUT2D eigenvalue weighted by molar-refractivity contribution is 6.14. The highest BCUT2D eigenvalue weighted by Gasteiger charge is 2.18. The summed E-state index contributed by atoms with van der Waals surface area (Å²) in [7, 11) is 0. The third kappa shape index (κ3) is 4.91. The van der Waals surface area contributed by atoms with E-state index in [-0.39, 0.29) is 0 Å². The van der Waals surface area contributed by atoms with Crippen molar-refractivity contribution in [3.8, 4) is 39.9 Å². The second kappa shape index (κ2) is 12.1. The summed E-state index contributed by atoms with van der Waals surface area (Å²) >= 11 is 0. The molecule has 3 heterocycles. The fourth-order valence-corrected chi connectivity index (χ4v) is 8.63. The number of aryl methyl sites for hydroxylation is 1. The molecule has 0 aliphatic heterocycles. The van der Waals surface area contributed by atoms with Crippen LogP contribution in [0.1, 0.15) is 17.5 Å². The number of benzene rings is 8. The summed E-state index contributed by atoms with van der Waals surface area (Å²) < 4.78 is 9.05. The molecule has 5 nitrogen and oxygen atoms in total. The van der Waals surface area contributed by atoms with Crippen LogP contribution < -0.4 is 0 Å². The van der Waals surface area contributed by atoms with Crippen LogP contribution in [0.4, 0.5) is 0 Å². The maximum absolute atomic E-state index is 6.70. The lowest BCUT2D eigenvalue weighted by molar-refractivity contribution is 0.668. The molecule has 0 saturated heterocycles. The molecule has 0 unspecified atom stereocenters. The van der Waals surface area contributed by atoms with Gasteiger partial charge in [-0.05, 0) is 100 Å². The number of hydrogen-bond acceptors (Lipinski definition) is 4. The topological polar surface area (TPSA) is 56.7 Å². The van der Waals surface area contributed by atoms with E-state index >= 15 is 0 Å². The lowest BCUT2D eigenvalue weighted by Gasteiger charge is -2.13. The smallest absolute Gasteiger partial charge is 0.164 e. The molecular weight excluding hydrogens is 685 g/mol. The first kappa shape index (κ1) is 31.0. The highest BCUT2D eigenvalue weighted by atomic mass is 16.3. The van der Waals surface area contributed by atoms with Gasteiger partial charge in [0, 0.05) is 50.0 Å². The van der Waals surface area contributed by atoms with E-state index in [9.17, 15) is 0 Å². The largest absolute Gasteiger partial charge is 0.456 e. The molecule has 1 aliphatic rings. The van der Waals surface area contributed by atoms with E-state index in [2.05, 4.69) is 174 Å². The van der Waals surface area contributed by atoms with Gasteiger partial charge in [-0.15, -0.1) is 0 Å². The Balaban J connectivity index is 1.01. The number of rotatable bonds is 4. The molecule has 8 aromatic carbocycles. The van der Waals surface area contributed by atoms with Crippen LogP contribution in [0.2, 0.25) is 0 Å². The first-order valence-corrected chi connectivity index (χ1v) is 19.1. The molecule has 0 atom stereocenters. The molecule has 12 rings (SSSR count). The van der Waals surface area contributed by atoms with Crippen molar-refractivity contribution in [2.45, 2.75) is 12.8 Å². The number of para-hydroxylation sites is 1. The molecule has 1 aliphatic carbocycles. The van der Waals surface area contributed by atoms with Crippen LogP contribution in [0.15, 0.2) is 168 Å². The van der Waals surface area contributed by atoms with Gasteiger partial charge in [0.15, 0.2) is 17.5 Å². The van der Waals surface area contributed by atoms with Gasteiger partial charge >= 0.3 is 0 Å². The molecule has 11 aromatic rings. The van der Waals surface area contributed by atoms with E-state index in [0.29, 0.717) is 17.5 Å². The number of fused-ring (bicyclic) bond motifs is 9. The second-order valence-electron chi connectivity index (χ2n) is 14.8. The molecule has 3 aromatic heterocycles. The van der Waals surface area contributed by atoms with Gasteiger partial charge in [-0.25, -0.2) is 15.0 Å². The Bertz CT molecular complexity index is 3440. The minimum Gasteiger partial charge on any atom is -0.456 e. The van der Waals surface area contributed by atoms with E-state index < -0.39 is 0 Å². The fourth-order valence-electron chi connectivity index (χ4n) is 8.63. The molecule has 0 amide bonds. The molecule has 0 fully saturated rings. The predicted octanol–water partition coefficient (Wildman–Crippen LogP) is 13.1. The van der Waals surface area contributed by atoms with Crippen molar-refractivity contribution in [2.24, 2.45) is 0 Å². The van der Waals surface area contributed by atoms with Crippen LogP contribution in [0, 0.1) is 0 Å². The summed E-state index contributed by atoms with van der Waals surface area (Å²) in [4.78, 5) is 15.3. The van der Waals surface area contributed by atoms with Gasteiger partial charge in [-0.3, -0.25) is 0 Å². The Morgan fingerprint density at radius 2 is 1.07 bits per heavy atom. The van der Waals surface area contributed by atoms with Gasteiger partial charge in [0.25, 0.3) is 0 Å². The zero-order valence-corrected chi connectivity index (χ0v) is 30.3. The average Bonchev–Trinajstić information content (AvgIpc) is 3.79. The second-order valence-corrected chi connectivity index (χ2v) is 14.8. The van der Waals surface area contributed by atoms with Gasteiger partial charge in [0.2, 0.25) is 0 Å². The maximum atomic E-state index is 6.70. The lowest BCUT2D eigenvalue weighted by Crippen LogP contribution is -2.01. The standard InChI is InChI=1S/C51H32N4O/c1-3-11-33-25-37(19-17-31(33)9-1)49-52-50(38-20-18-32-10-2-4-12-34(32)26-38)54-51(53-49)39-21-23-42-43-24-22-40(30-48(43)56-47(42)29-39)55-45-16-8-7-15-41(45)44-27-35-13-5-6-14-36(35)28-46(44)55/h1,3-9,11-30H,2,10H2. The third-order valence-electron chi connectivity index (χ3n) is 11.4. The first-order valence-electron chi connectivity index (χ1n) is 19.1. The van der Waals surface area contributed by atoms with Crippen LogP contribution in [-0.4, -0.2) is 19.5 Å². The van der Waals surface area contributed by atoms with Crippen molar-refractivity contribution in [1.82, 2.24) is 19.5 Å². The third-order valence-corrected chi connectivity index (χ3v) is 11.4. The van der Waals surface area contributed by atoms with Crippen LogP contribution in [0.3, 0.4) is 0 Å². The van der Waals surface area contributed by atoms with Gasteiger partial charge < -0.3 is 8.98 Å². The molecular formula is C51H32N4O. The first-order chi connectivity index (χ1) is 27.7. The molecule has 0 spiro atoms. The Morgan fingerprint density at radius 1 is 0.446 bits per heavy atom.